The van der Waals surface area contributed by atoms with E-state index in [9.17, 15) is 4.39 Å². The maximum absolute atomic E-state index is 14.3. The smallest absolute Gasteiger partial charge is 0.320 e. The number of ether oxygens (including phenoxy) is 2. The quantitative estimate of drug-likeness (QED) is 0.551. The number of unbranched alkanes of at least 4 members (excludes halogenated alkanes) is 1. The van der Waals surface area contributed by atoms with Crippen molar-refractivity contribution in [3.05, 3.63) is 17.2 Å². The predicted molar refractivity (Wildman–Crippen MR) is 93.9 cm³/mol. The lowest BCUT2D eigenvalue weighted by Gasteiger charge is -2.19. The zero-order valence-corrected chi connectivity index (χ0v) is 15.2. The van der Waals surface area contributed by atoms with E-state index in [1.807, 2.05) is 0 Å². The molecule has 1 atom stereocenters. The minimum atomic E-state index is -0.690. The largest absolute Gasteiger partial charge is 0.477 e. The van der Waals surface area contributed by atoms with Gasteiger partial charge in [-0.15, -0.1) is 0 Å². The molecule has 1 aliphatic rings. The molecule has 0 bridgehead atoms. The van der Waals surface area contributed by atoms with Crippen LogP contribution in [0.5, 0.6) is 11.9 Å². The number of aromatic nitrogens is 3. The van der Waals surface area contributed by atoms with Gasteiger partial charge in [0.05, 0.1) is 12.0 Å². The van der Waals surface area contributed by atoms with Crippen LogP contribution in [0.25, 0.3) is 10.9 Å². The Morgan fingerprint density at radius 3 is 2.92 bits per heavy atom. The van der Waals surface area contributed by atoms with Gasteiger partial charge < -0.3 is 14.4 Å². The van der Waals surface area contributed by atoms with Gasteiger partial charge >= 0.3 is 6.01 Å². The number of likely N-dealkylation sites (tertiary alicyclic amines) is 1. The van der Waals surface area contributed by atoms with Gasteiger partial charge in [-0.25, -0.2) is 9.37 Å². The number of pyridine rings is 1. The Hall–Kier alpha value is -1.73. The van der Waals surface area contributed by atoms with Crippen molar-refractivity contribution in [2.75, 3.05) is 26.8 Å². The standard InChI is InChI=1S/C17H22ClFN4O2/c1-3-4-8-24-16-12-9-20-15(18)13(19)14(12)21-17(22-16)25-10-11-6-5-7-23(11)2/h9,11H,3-8,10H2,1-2H3/t11-/m0/s1. The van der Waals surface area contributed by atoms with Crippen LogP contribution in [-0.2, 0) is 0 Å². The van der Waals surface area contributed by atoms with Crippen LogP contribution in [0.4, 0.5) is 4.39 Å². The van der Waals surface area contributed by atoms with E-state index >= 15 is 0 Å². The Kier molecular flexibility index (Phi) is 5.86. The monoisotopic (exact) mass is 368 g/mol. The highest BCUT2D eigenvalue weighted by atomic mass is 35.5. The zero-order valence-electron chi connectivity index (χ0n) is 14.5. The van der Waals surface area contributed by atoms with Gasteiger partial charge in [0.2, 0.25) is 5.88 Å². The van der Waals surface area contributed by atoms with Crippen molar-refractivity contribution in [3.8, 4) is 11.9 Å². The summed E-state index contributed by atoms with van der Waals surface area (Å²) in [6.45, 7) is 4.05. The van der Waals surface area contributed by atoms with Gasteiger partial charge in [0.15, 0.2) is 11.0 Å². The van der Waals surface area contributed by atoms with Gasteiger partial charge in [0, 0.05) is 12.2 Å². The molecule has 1 aliphatic heterocycles. The fourth-order valence-electron chi connectivity index (χ4n) is 2.84. The van der Waals surface area contributed by atoms with E-state index < -0.39 is 5.82 Å². The molecule has 0 aliphatic carbocycles. The molecule has 0 aromatic carbocycles. The second-order valence-electron chi connectivity index (χ2n) is 6.23. The van der Waals surface area contributed by atoms with Gasteiger partial charge in [-0.05, 0) is 32.9 Å². The van der Waals surface area contributed by atoms with Crippen LogP contribution >= 0.6 is 11.6 Å². The number of hydrogen-bond donors (Lipinski definition) is 0. The predicted octanol–water partition coefficient (Wildman–Crippen LogP) is 3.47. The molecule has 0 unspecified atom stereocenters. The Morgan fingerprint density at radius 1 is 1.36 bits per heavy atom. The molecule has 3 rings (SSSR count). The van der Waals surface area contributed by atoms with Gasteiger partial charge in [-0.1, -0.05) is 24.9 Å². The summed E-state index contributed by atoms with van der Waals surface area (Å²) in [5.74, 6) is -0.416. The minimum absolute atomic E-state index is 0.0660. The fraction of sp³-hybridized carbons (Fsp3) is 0.588. The maximum Gasteiger partial charge on any atom is 0.320 e. The first-order chi connectivity index (χ1) is 12.1. The van der Waals surface area contributed by atoms with Crippen LogP contribution < -0.4 is 9.47 Å². The summed E-state index contributed by atoms with van der Waals surface area (Å²) >= 11 is 5.78. The summed E-state index contributed by atoms with van der Waals surface area (Å²) in [5.41, 5.74) is 0.0660. The summed E-state index contributed by atoms with van der Waals surface area (Å²) in [6, 6.07) is 0.412. The summed E-state index contributed by atoms with van der Waals surface area (Å²) in [7, 11) is 2.06. The van der Waals surface area contributed by atoms with Crippen LogP contribution in [0.1, 0.15) is 32.6 Å². The van der Waals surface area contributed by atoms with E-state index in [4.69, 9.17) is 21.1 Å². The molecule has 0 radical (unpaired) electrons. The lowest BCUT2D eigenvalue weighted by Crippen LogP contribution is -2.30. The second kappa shape index (κ2) is 8.10. The Bertz CT molecular complexity index is 746. The molecule has 0 spiro atoms. The zero-order chi connectivity index (χ0) is 17.8. The highest BCUT2D eigenvalue weighted by Crippen LogP contribution is 2.29. The van der Waals surface area contributed by atoms with Crippen molar-refractivity contribution in [2.24, 2.45) is 0 Å². The minimum Gasteiger partial charge on any atom is -0.477 e. The molecule has 0 saturated carbocycles. The molecule has 2 aromatic rings. The molecule has 136 valence electrons. The van der Waals surface area contributed by atoms with E-state index in [0.29, 0.717) is 24.6 Å². The van der Waals surface area contributed by atoms with Crippen LogP contribution in [0.15, 0.2) is 6.20 Å². The topological polar surface area (TPSA) is 60.4 Å². The van der Waals surface area contributed by atoms with Crippen LogP contribution in [0, 0.1) is 5.82 Å². The van der Waals surface area contributed by atoms with E-state index in [1.54, 1.807) is 0 Å². The first kappa shape index (κ1) is 18.1. The summed E-state index contributed by atoms with van der Waals surface area (Å²) in [4.78, 5) is 14.5. The average molecular weight is 369 g/mol. The van der Waals surface area contributed by atoms with Crippen molar-refractivity contribution in [1.29, 1.82) is 0 Å². The third-order valence-corrected chi connectivity index (χ3v) is 4.66. The van der Waals surface area contributed by atoms with Crippen molar-refractivity contribution in [3.63, 3.8) is 0 Å². The van der Waals surface area contributed by atoms with Crippen LogP contribution in [0.2, 0.25) is 5.15 Å². The van der Waals surface area contributed by atoms with E-state index in [1.165, 1.54) is 6.20 Å². The Labute approximate surface area is 151 Å². The summed E-state index contributed by atoms with van der Waals surface area (Å²) in [6.07, 6.45) is 5.49. The average Bonchev–Trinajstić information content (AvgIpc) is 3.02. The fourth-order valence-corrected chi connectivity index (χ4v) is 2.98. The molecule has 1 fully saturated rings. The molecular formula is C17H22ClFN4O2. The molecule has 0 amide bonds. The van der Waals surface area contributed by atoms with Crippen molar-refractivity contribution >= 4 is 22.5 Å². The molecule has 8 heteroatoms. The van der Waals surface area contributed by atoms with Crippen molar-refractivity contribution < 1.29 is 13.9 Å². The SMILES string of the molecule is CCCCOc1nc(OC[C@@H]2CCCN2C)nc2c(F)c(Cl)ncc12. The Balaban J connectivity index is 1.87. The van der Waals surface area contributed by atoms with Crippen molar-refractivity contribution in [2.45, 2.75) is 38.6 Å². The molecule has 1 saturated heterocycles. The summed E-state index contributed by atoms with van der Waals surface area (Å²) in [5, 5.41) is 0.163. The Morgan fingerprint density at radius 2 is 2.20 bits per heavy atom. The number of halogens is 2. The van der Waals surface area contributed by atoms with Gasteiger partial charge in [0.25, 0.3) is 0 Å². The van der Waals surface area contributed by atoms with Gasteiger partial charge in [-0.2, -0.15) is 9.97 Å². The number of likely N-dealkylation sites (N-methyl/N-ethyl adjacent to an activating group) is 1. The molecule has 0 N–H and O–H groups in total. The number of fused-ring (bicyclic) bond motifs is 1. The van der Waals surface area contributed by atoms with Crippen LogP contribution in [-0.4, -0.2) is 52.7 Å². The van der Waals surface area contributed by atoms with E-state index in [2.05, 4.69) is 33.8 Å². The molecular weight excluding hydrogens is 347 g/mol. The second-order valence-corrected chi connectivity index (χ2v) is 6.58. The van der Waals surface area contributed by atoms with Crippen molar-refractivity contribution in [1.82, 2.24) is 19.9 Å². The van der Waals surface area contributed by atoms with Gasteiger partial charge in [-0.3, -0.25) is 0 Å². The van der Waals surface area contributed by atoms with Crippen LogP contribution in [0.3, 0.4) is 0 Å². The number of rotatable bonds is 7. The maximum atomic E-state index is 14.3. The molecule has 25 heavy (non-hydrogen) atoms. The first-order valence-corrected chi connectivity index (χ1v) is 8.95. The highest BCUT2D eigenvalue weighted by Gasteiger charge is 2.23. The van der Waals surface area contributed by atoms with Gasteiger partial charge in [0.1, 0.15) is 12.1 Å². The lowest BCUT2D eigenvalue weighted by atomic mass is 10.2. The first-order valence-electron chi connectivity index (χ1n) is 8.57. The highest BCUT2D eigenvalue weighted by molar-refractivity contribution is 6.30. The third-order valence-electron chi connectivity index (χ3n) is 4.40. The van der Waals surface area contributed by atoms with E-state index in [-0.39, 0.29) is 22.6 Å². The van der Waals surface area contributed by atoms with E-state index in [0.717, 1.165) is 32.2 Å². The third kappa shape index (κ3) is 4.10. The molecule has 2 aromatic heterocycles. The number of hydrogen-bond acceptors (Lipinski definition) is 6. The number of nitrogens with zero attached hydrogens (tertiary/aromatic N) is 4. The normalized spacial score (nSPS) is 18.0. The molecule has 6 nitrogen and oxygen atoms in total. The lowest BCUT2D eigenvalue weighted by molar-refractivity contribution is 0.186. The summed E-state index contributed by atoms with van der Waals surface area (Å²) < 4.78 is 25.8. The molecule has 3 heterocycles.